The SMILES string of the molecule is CCCCc1cnc(N2CCC(C)(Oc3ncnc(N/C(C)=C(Cl)/C=C(\C)C#N)c3F)CC2)nc1. The molecule has 3 rings (SSSR count). The molecule has 35 heavy (non-hydrogen) atoms. The summed E-state index contributed by atoms with van der Waals surface area (Å²) in [6.07, 6.45) is 11.1. The van der Waals surface area contributed by atoms with Crippen LogP contribution >= 0.6 is 11.6 Å². The van der Waals surface area contributed by atoms with Crippen LogP contribution in [0.4, 0.5) is 16.2 Å². The van der Waals surface area contributed by atoms with Crippen molar-refractivity contribution in [2.45, 2.75) is 65.4 Å². The van der Waals surface area contributed by atoms with Gasteiger partial charge in [0.1, 0.15) is 11.9 Å². The van der Waals surface area contributed by atoms with Crippen molar-refractivity contribution in [3.63, 3.8) is 0 Å². The second-order valence-corrected chi connectivity index (χ2v) is 9.32. The first-order valence-corrected chi connectivity index (χ1v) is 12.1. The van der Waals surface area contributed by atoms with Gasteiger partial charge in [0.05, 0.1) is 11.1 Å². The third-order valence-corrected chi connectivity index (χ3v) is 6.29. The molecule has 1 N–H and O–H groups in total. The number of ether oxygens (including phenoxy) is 1. The Labute approximate surface area is 210 Å². The molecule has 186 valence electrons. The molecule has 0 unspecified atom stereocenters. The number of halogens is 2. The highest BCUT2D eigenvalue weighted by atomic mass is 35.5. The van der Waals surface area contributed by atoms with Gasteiger partial charge < -0.3 is 15.0 Å². The van der Waals surface area contributed by atoms with E-state index in [1.54, 1.807) is 13.8 Å². The third-order valence-electron chi connectivity index (χ3n) is 5.90. The number of nitriles is 1. The lowest BCUT2D eigenvalue weighted by atomic mass is 9.93. The number of hydrogen-bond donors (Lipinski definition) is 1. The van der Waals surface area contributed by atoms with Crippen molar-refractivity contribution in [3.8, 4) is 11.9 Å². The van der Waals surface area contributed by atoms with Crippen molar-refractivity contribution < 1.29 is 9.13 Å². The van der Waals surface area contributed by atoms with Crippen molar-refractivity contribution in [2.24, 2.45) is 0 Å². The van der Waals surface area contributed by atoms with Crippen LogP contribution in [0.1, 0.15) is 58.9 Å². The molecule has 0 aliphatic carbocycles. The molecule has 1 aliphatic rings. The van der Waals surface area contributed by atoms with Crippen LogP contribution in [0.5, 0.6) is 5.88 Å². The van der Waals surface area contributed by atoms with Gasteiger partial charge in [-0.3, -0.25) is 0 Å². The topological polar surface area (TPSA) is 99.9 Å². The summed E-state index contributed by atoms with van der Waals surface area (Å²) in [4.78, 5) is 19.2. The third kappa shape index (κ3) is 7.12. The van der Waals surface area contributed by atoms with Crippen LogP contribution in [0.15, 0.2) is 41.1 Å². The molecular formula is C25H31ClFN7O. The predicted molar refractivity (Wildman–Crippen MR) is 135 cm³/mol. The van der Waals surface area contributed by atoms with Gasteiger partial charge in [-0.25, -0.2) is 15.0 Å². The Bertz CT molecular complexity index is 1120. The average Bonchev–Trinajstić information content (AvgIpc) is 2.85. The van der Waals surface area contributed by atoms with Gasteiger partial charge in [-0.2, -0.15) is 14.6 Å². The zero-order chi connectivity index (χ0) is 25.4. The zero-order valence-electron chi connectivity index (χ0n) is 20.6. The minimum Gasteiger partial charge on any atom is -0.469 e. The highest BCUT2D eigenvalue weighted by Gasteiger charge is 2.34. The first kappa shape index (κ1) is 26.4. The number of unbranched alkanes of at least 4 members (excludes halogenated alkanes) is 1. The summed E-state index contributed by atoms with van der Waals surface area (Å²) >= 11 is 6.20. The zero-order valence-corrected chi connectivity index (χ0v) is 21.4. The Morgan fingerprint density at radius 1 is 1.26 bits per heavy atom. The quantitative estimate of drug-likeness (QED) is 0.354. The smallest absolute Gasteiger partial charge is 0.256 e. The van der Waals surface area contributed by atoms with Crippen LogP contribution < -0.4 is 15.0 Å². The number of aryl methyl sites for hydroxylation is 1. The van der Waals surface area contributed by atoms with Gasteiger partial charge in [0.2, 0.25) is 11.8 Å². The highest BCUT2D eigenvalue weighted by molar-refractivity contribution is 6.31. The Kier molecular flexibility index (Phi) is 8.99. The van der Waals surface area contributed by atoms with Gasteiger partial charge in [0.25, 0.3) is 5.88 Å². The summed E-state index contributed by atoms with van der Waals surface area (Å²) < 4.78 is 21.2. The van der Waals surface area contributed by atoms with Gasteiger partial charge in [-0.15, -0.1) is 0 Å². The molecule has 0 atom stereocenters. The van der Waals surface area contributed by atoms with Crippen molar-refractivity contribution in [2.75, 3.05) is 23.3 Å². The monoisotopic (exact) mass is 499 g/mol. The first-order chi connectivity index (χ1) is 16.7. The normalized spacial score (nSPS) is 16.4. The largest absolute Gasteiger partial charge is 0.469 e. The van der Waals surface area contributed by atoms with Crippen LogP contribution in [-0.2, 0) is 6.42 Å². The average molecular weight is 500 g/mol. The maximum absolute atomic E-state index is 15.1. The summed E-state index contributed by atoms with van der Waals surface area (Å²) in [7, 11) is 0. The molecule has 0 spiro atoms. The predicted octanol–water partition coefficient (Wildman–Crippen LogP) is 5.54. The number of anilines is 2. The van der Waals surface area contributed by atoms with E-state index in [-0.39, 0.29) is 16.7 Å². The first-order valence-electron chi connectivity index (χ1n) is 11.7. The maximum atomic E-state index is 15.1. The van der Waals surface area contributed by atoms with Gasteiger partial charge in [0, 0.05) is 49.6 Å². The van der Waals surface area contributed by atoms with E-state index in [2.05, 4.69) is 37.1 Å². The molecule has 3 heterocycles. The lowest BCUT2D eigenvalue weighted by Crippen LogP contribution is -2.46. The lowest BCUT2D eigenvalue weighted by molar-refractivity contribution is 0.0521. The molecule has 0 aromatic carbocycles. The molecule has 0 bridgehead atoms. The van der Waals surface area contributed by atoms with Gasteiger partial charge in [0.15, 0.2) is 5.82 Å². The fourth-order valence-electron chi connectivity index (χ4n) is 3.62. The molecule has 2 aromatic heterocycles. The Hall–Kier alpha value is -3.25. The van der Waals surface area contributed by atoms with E-state index in [9.17, 15) is 0 Å². The van der Waals surface area contributed by atoms with Crippen LogP contribution in [-0.4, -0.2) is 38.6 Å². The molecule has 2 aromatic rings. The van der Waals surface area contributed by atoms with Crippen molar-refractivity contribution in [1.29, 1.82) is 5.26 Å². The number of nitrogens with zero attached hydrogens (tertiary/aromatic N) is 6. The Morgan fingerprint density at radius 3 is 2.57 bits per heavy atom. The fraction of sp³-hybridized carbons (Fsp3) is 0.480. The molecule has 0 amide bonds. The number of allylic oxidation sites excluding steroid dienone is 4. The summed E-state index contributed by atoms with van der Waals surface area (Å²) in [5.41, 5.74) is 1.43. The number of aromatic nitrogens is 4. The van der Waals surface area contributed by atoms with Crippen LogP contribution in [0, 0.1) is 17.1 Å². The van der Waals surface area contributed by atoms with Gasteiger partial charge >= 0.3 is 0 Å². The van der Waals surface area contributed by atoms with Crippen LogP contribution in [0.3, 0.4) is 0 Å². The number of nitrogens with one attached hydrogen (secondary N) is 1. The molecule has 0 radical (unpaired) electrons. The van der Waals surface area contributed by atoms with E-state index < -0.39 is 11.4 Å². The van der Waals surface area contributed by atoms with Crippen molar-refractivity contribution >= 4 is 23.4 Å². The number of hydrogen-bond acceptors (Lipinski definition) is 8. The van der Waals surface area contributed by atoms with E-state index in [0.717, 1.165) is 24.8 Å². The van der Waals surface area contributed by atoms with Crippen LogP contribution in [0.25, 0.3) is 0 Å². The van der Waals surface area contributed by atoms with E-state index in [1.165, 1.54) is 12.4 Å². The second-order valence-electron chi connectivity index (χ2n) is 8.91. The molecule has 1 aliphatic heterocycles. The summed E-state index contributed by atoms with van der Waals surface area (Å²) in [5.74, 6) is -0.173. The molecular weight excluding hydrogens is 469 g/mol. The maximum Gasteiger partial charge on any atom is 0.256 e. The van der Waals surface area contributed by atoms with Gasteiger partial charge in [-0.1, -0.05) is 24.9 Å². The Balaban J connectivity index is 1.65. The second kappa shape index (κ2) is 11.9. The van der Waals surface area contributed by atoms with E-state index in [1.807, 2.05) is 25.4 Å². The van der Waals surface area contributed by atoms with Crippen LogP contribution in [0.2, 0.25) is 0 Å². The van der Waals surface area contributed by atoms with Gasteiger partial charge in [-0.05, 0) is 45.3 Å². The lowest BCUT2D eigenvalue weighted by Gasteiger charge is -2.39. The highest BCUT2D eigenvalue weighted by Crippen LogP contribution is 2.31. The van der Waals surface area contributed by atoms with E-state index in [4.69, 9.17) is 21.6 Å². The van der Waals surface area contributed by atoms with Crippen molar-refractivity contribution in [1.82, 2.24) is 19.9 Å². The fourth-order valence-corrected chi connectivity index (χ4v) is 3.83. The minimum atomic E-state index is -0.702. The summed E-state index contributed by atoms with van der Waals surface area (Å²) in [6.45, 7) is 8.78. The standard InChI is InChI=1S/C25H31ClFN7O/c1-5-6-7-19-14-29-24(30-15-19)34-10-8-25(4,9-11-34)35-23-21(27)22(31-16-32-23)33-18(3)20(26)12-17(2)13-28/h12,14-16H,5-11H2,1-4H3,(H,31,32,33)/b17-12+,20-18-. The van der Waals surface area contributed by atoms with E-state index >= 15 is 4.39 Å². The molecule has 8 nitrogen and oxygen atoms in total. The molecule has 1 fully saturated rings. The summed E-state index contributed by atoms with van der Waals surface area (Å²) in [5, 5.41) is 12.0. The van der Waals surface area contributed by atoms with E-state index in [0.29, 0.717) is 43.1 Å². The molecule has 0 saturated carbocycles. The minimum absolute atomic E-state index is 0.0498. The Morgan fingerprint density at radius 2 is 1.94 bits per heavy atom. The molecule has 10 heteroatoms. The number of piperidine rings is 1. The molecule has 1 saturated heterocycles. The summed E-state index contributed by atoms with van der Waals surface area (Å²) in [6, 6.07) is 1.99. The number of rotatable bonds is 9. The van der Waals surface area contributed by atoms with Crippen molar-refractivity contribution in [3.05, 3.63) is 52.5 Å².